The SMILES string of the molecule is O=Cc1cc(OCc2cc(C(F)(F)F)ccc2C(F)(F)F)cc(OCC2CC2)c1. The summed E-state index contributed by atoms with van der Waals surface area (Å²) in [5.41, 5.74) is -2.92. The molecule has 0 amide bonds. The van der Waals surface area contributed by atoms with E-state index in [9.17, 15) is 31.1 Å². The molecule has 0 atom stereocenters. The smallest absolute Gasteiger partial charge is 0.416 e. The quantitative estimate of drug-likeness (QED) is 0.415. The third kappa shape index (κ3) is 5.65. The number of carbonyl (C=O) groups is 1. The van der Waals surface area contributed by atoms with Crippen LogP contribution in [0.1, 0.15) is 39.9 Å². The summed E-state index contributed by atoms with van der Waals surface area (Å²) in [4.78, 5) is 11.1. The number of carbonyl (C=O) groups excluding carboxylic acids is 1. The van der Waals surface area contributed by atoms with Gasteiger partial charge < -0.3 is 9.47 Å². The van der Waals surface area contributed by atoms with Crippen molar-refractivity contribution in [2.45, 2.75) is 31.8 Å². The van der Waals surface area contributed by atoms with E-state index in [1.54, 1.807) is 0 Å². The Balaban J connectivity index is 1.84. The maximum atomic E-state index is 13.2. The van der Waals surface area contributed by atoms with Gasteiger partial charge in [-0.25, -0.2) is 0 Å². The van der Waals surface area contributed by atoms with Crippen molar-refractivity contribution in [3.63, 3.8) is 0 Å². The lowest BCUT2D eigenvalue weighted by atomic mass is 10.0. The predicted molar refractivity (Wildman–Crippen MR) is 90.8 cm³/mol. The topological polar surface area (TPSA) is 35.5 Å². The van der Waals surface area contributed by atoms with Crippen LogP contribution < -0.4 is 9.47 Å². The molecule has 0 radical (unpaired) electrons. The number of hydrogen-bond donors (Lipinski definition) is 0. The fourth-order valence-corrected chi connectivity index (χ4v) is 2.65. The number of benzene rings is 2. The molecule has 0 aromatic heterocycles. The summed E-state index contributed by atoms with van der Waals surface area (Å²) >= 11 is 0. The van der Waals surface area contributed by atoms with Gasteiger partial charge in [0, 0.05) is 17.2 Å². The molecule has 0 N–H and O–H groups in total. The predicted octanol–water partition coefficient (Wildman–Crippen LogP) is 5.90. The van der Waals surface area contributed by atoms with Gasteiger partial charge in [-0.2, -0.15) is 26.3 Å². The van der Waals surface area contributed by atoms with Crippen LogP contribution in [-0.4, -0.2) is 12.9 Å². The van der Waals surface area contributed by atoms with Gasteiger partial charge in [-0.1, -0.05) is 0 Å². The Bertz CT molecular complexity index is 885. The lowest BCUT2D eigenvalue weighted by molar-refractivity contribution is -0.142. The molecule has 0 spiro atoms. The molecular formula is C20H16F6O3. The molecule has 2 aromatic rings. The highest BCUT2D eigenvalue weighted by atomic mass is 19.4. The minimum absolute atomic E-state index is 0.0194. The van der Waals surface area contributed by atoms with Crippen molar-refractivity contribution >= 4 is 6.29 Å². The summed E-state index contributed by atoms with van der Waals surface area (Å²) in [5.74, 6) is 0.751. The van der Waals surface area contributed by atoms with Gasteiger partial charge in [0.05, 0.1) is 17.7 Å². The molecule has 0 unspecified atom stereocenters. The molecule has 3 rings (SSSR count). The molecule has 1 saturated carbocycles. The molecule has 0 heterocycles. The highest BCUT2D eigenvalue weighted by molar-refractivity contribution is 5.76. The van der Waals surface area contributed by atoms with E-state index in [1.807, 2.05) is 0 Å². The molecule has 1 aliphatic rings. The number of halogens is 6. The van der Waals surface area contributed by atoms with Gasteiger partial charge in [0.1, 0.15) is 24.4 Å². The van der Waals surface area contributed by atoms with Crippen molar-refractivity contribution < 1.29 is 40.6 Å². The van der Waals surface area contributed by atoms with Crippen LogP contribution in [0.4, 0.5) is 26.3 Å². The Hall–Kier alpha value is -2.71. The molecule has 9 heteroatoms. The van der Waals surface area contributed by atoms with Gasteiger partial charge in [0.25, 0.3) is 0 Å². The average Bonchev–Trinajstić information content (AvgIpc) is 3.47. The van der Waals surface area contributed by atoms with Crippen molar-refractivity contribution in [1.82, 2.24) is 0 Å². The summed E-state index contributed by atoms with van der Waals surface area (Å²) in [7, 11) is 0. The van der Waals surface area contributed by atoms with Crippen LogP contribution in [-0.2, 0) is 19.0 Å². The zero-order valence-corrected chi connectivity index (χ0v) is 14.9. The number of alkyl halides is 6. The summed E-state index contributed by atoms with van der Waals surface area (Å²) in [5, 5.41) is 0. The first-order chi connectivity index (χ1) is 13.6. The van der Waals surface area contributed by atoms with E-state index < -0.39 is 35.6 Å². The number of hydrogen-bond acceptors (Lipinski definition) is 3. The largest absolute Gasteiger partial charge is 0.493 e. The van der Waals surface area contributed by atoms with Crippen molar-refractivity contribution in [1.29, 1.82) is 0 Å². The van der Waals surface area contributed by atoms with Crippen LogP contribution in [0.25, 0.3) is 0 Å². The van der Waals surface area contributed by atoms with Crippen LogP contribution in [0.3, 0.4) is 0 Å². The molecule has 156 valence electrons. The number of rotatable bonds is 7. The summed E-state index contributed by atoms with van der Waals surface area (Å²) in [6.45, 7) is -0.323. The average molecular weight is 418 g/mol. The first-order valence-electron chi connectivity index (χ1n) is 8.69. The van der Waals surface area contributed by atoms with Gasteiger partial charge in [-0.3, -0.25) is 4.79 Å². The fourth-order valence-electron chi connectivity index (χ4n) is 2.65. The Kier molecular flexibility index (Phi) is 5.77. The molecule has 0 aliphatic heterocycles. The molecule has 29 heavy (non-hydrogen) atoms. The van der Waals surface area contributed by atoms with Crippen LogP contribution in [0.2, 0.25) is 0 Å². The van der Waals surface area contributed by atoms with Crippen LogP contribution in [0.5, 0.6) is 11.5 Å². The molecular weight excluding hydrogens is 402 g/mol. The van der Waals surface area contributed by atoms with Gasteiger partial charge >= 0.3 is 12.4 Å². The molecule has 1 fully saturated rings. The third-order valence-corrected chi connectivity index (χ3v) is 4.35. The van der Waals surface area contributed by atoms with E-state index in [1.165, 1.54) is 18.2 Å². The first-order valence-corrected chi connectivity index (χ1v) is 8.69. The second-order valence-corrected chi connectivity index (χ2v) is 6.77. The van der Waals surface area contributed by atoms with Crippen molar-refractivity contribution in [3.05, 3.63) is 58.7 Å². The van der Waals surface area contributed by atoms with Crippen LogP contribution in [0.15, 0.2) is 36.4 Å². The lowest BCUT2D eigenvalue weighted by Crippen LogP contribution is -2.14. The van der Waals surface area contributed by atoms with Crippen LogP contribution >= 0.6 is 0 Å². The first kappa shape index (κ1) is 21.0. The Morgan fingerprint density at radius 1 is 0.897 bits per heavy atom. The van der Waals surface area contributed by atoms with E-state index in [2.05, 4.69) is 0 Å². The fraction of sp³-hybridized carbons (Fsp3) is 0.350. The maximum absolute atomic E-state index is 13.2. The monoisotopic (exact) mass is 418 g/mol. The van der Waals surface area contributed by atoms with E-state index in [4.69, 9.17) is 9.47 Å². The zero-order valence-electron chi connectivity index (χ0n) is 14.9. The third-order valence-electron chi connectivity index (χ3n) is 4.35. The summed E-state index contributed by atoms with van der Waals surface area (Å²) in [6, 6.07) is 5.29. The van der Waals surface area contributed by atoms with Gasteiger partial charge in [-0.15, -0.1) is 0 Å². The van der Waals surface area contributed by atoms with E-state index in [0.29, 0.717) is 42.8 Å². The normalized spacial score (nSPS) is 14.6. The second kappa shape index (κ2) is 7.96. The molecule has 0 saturated heterocycles. The van der Waals surface area contributed by atoms with E-state index >= 15 is 0 Å². The molecule has 3 nitrogen and oxygen atoms in total. The van der Waals surface area contributed by atoms with Crippen molar-refractivity contribution in [3.8, 4) is 11.5 Å². The minimum Gasteiger partial charge on any atom is -0.493 e. The summed E-state index contributed by atoms with van der Waals surface area (Å²) in [6.07, 6.45) is -7.05. The Morgan fingerprint density at radius 3 is 2.10 bits per heavy atom. The Labute approximate surface area is 162 Å². The molecule has 2 aromatic carbocycles. The Morgan fingerprint density at radius 2 is 1.55 bits per heavy atom. The second-order valence-electron chi connectivity index (χ2n) is 6.77. The lowest BCUT2D eigenvalue weighted by Gasteiger charge is -2.17. The minimum atomic E-state index is -4.84. The zero-order chi connectivity index (χ0) is 21.2. The van der Waals surface area contributed by atoms with Gasteiger partial charge in [0.15, 0.2) is 0 Å². The van der Waals surface area contributed by atoms with Crippen LogP contribution in [0, 0.1) is 5.92 Å². The highest BCUT2D eigenvalue weighted by Gasteiger charge is 2.37. The highest BCUT2D eigenvalue weighted by Crippen LogP contribution is 2.37. The standard InChI is InChI=1S/C20H16F6O3/c21-19(22,23)15-3-4-18(20(24,25)26)14(7-15)11-29-17-6-13(9-27)5-16(8-17)28-10-12-1-2-12/h3-9,12H,1-2,10-11H2. The van der Waals surface area contributed by atoms with E-state index in [-0.39, 0.29) is 11.3 Å². The van der Waals surface area contributed by atoms with Crippen molar-refractivity contribution in [2.24, 2.45) is 5.92 Å². The summed E-state index contributed by atoms with van der Waals surface area (Å²) < 4.78 is 89.0. The number of ether oxygens (including phenoxy) is 2. The van der Waals surface area contributed by atoms with Gasteiger partial charge in [-0.05, 0) is 49.1 Å². The van der Waals surface area contributed by atoms with E-state index in [0.717, 1.165) is 12.8 Å². The van der Waals surface area contributed by atoms with Gasteiger partial charge in [0.2, 0.25) is 0 Å². The number of aldehydes is 1. The molecule has 1 aliphatic carbocycles. The molecule has 0 bridgehead atoms. The van der Waals surface area contributed by atoms with Crippen molar-refractivity contribution in [2.75, 3.05) is 6.61 Å². The maximum Gasteiger partial charge on any atom is 0.416 e.